The van der Waals surface area contributed by atoms with Crippen molar-refractivity contribution in [2.24, 2.45) is 0 Å². The minimum Gasteiger partial charge on any atom is -0.482 e. The van der Waals surface area contributed by atoms with Gasteiger partial charge < -0.3 is 74.2 Å². The van der Waals surface area contributed by atoms with Gasteiger partial charge in [-0.15, -0.1) is 0 Å². The van der Waals surface area contributed by atoms with Crippen LogP contribution in [-0.2, 0) is 55.8 Å². The first-order valence-electron chi connectivity index (χ1n) is 46.4. The second-order valence-corrected chi connectivity index (χ2v) is 38.7. The first kappa shape index (κ1) is 87.3. The van der Waals surface area contributed by atoms with Gasteiger partial charge in [0.05, 0.1) is 66.1 Å². The summed E-state index contributed by atoms with van der Waals surface area (Å²) in [5.41, 5.74) is 12.6. The summed E-state index contributed by atoms with van der Waals surface area (Å²) in [6.07, 6.45) is 31.3. The maximum atomic E-state index is 13.7. The van der Waals surface area contributed by atoms with Crippen LogP contribution >= 0.6 is 0 Å². The molecule has 35 nitrogen and oxygen atoms in total. The Morgan fingerprint density at radius 2 is 0.844 bits per heavy atom. The molecule has 9 aliphatic heterocycles. The Hall–Kier alpha value is -14.3. The number of nitrogens with zero attached hydrogens (tertiary/aromatic N) is 19. The molecule has 0 saturated carbocycles. The molecular weight excluding hydrogens is 1740 g/mol. The molecule has 36 heteroatoms. The number of sulfone groups is 1. The largest absolute Gasteiger partial charge is 0.482 e. The minimum atomic E-state index is -2.97. The lowest BCUT2D eigenvalue weighted by atomic mass is 9.79. The van der Waals surface area contributed by atoms with Gasteiger partial charge in [-0.2, -0.15) is 15.0 Å². The number of hydrogen-bond donors (Lipinski definition) is 5. The molecule has 23 rings (SSSR count). The number of β-amino-alcohol motifs (C(OH)–C–C–N with tert-alkyl or cyclic N) is 1. The van der Waals surface area contributed by atoms with Gasteiger partial charge in [0.25, 0.3) is 34.4 Å². The molecule has 0 radical (unpaired) electrons. The summed E-state index contributed by atoms with van der Waals surface area (Å²) in [6.45, 7) is 14.4. The number of fused-ring (bicyclic) bond motifs is 18. The summed E-state index contributed by atoms with van der Waals surface area (Å²) < 4.78 is 55.4. The third kappa shape index (κ3) is 17.4. The zero-order valence-corrected chi connectivity index (χ0v) is 76.2. The number of rotatable bonds is 13. The van der Waals surface area contributed by atoms with E-state index in [0.29, 0.717) is 155 Å². The van der Waals surface area contributed by atoms with Gasteiger partial charge in [0.1, 0.15) is 43.2 Å². The fourth-order valence-electron chi connectivity index (χ4n) is 20.1. The number of amides is 3. The normalized spacial score (nSPS) is 17.6. The van der Waals surface area contributed by atoms with Gasteiger partial charge in [-0.3, -0.25) is 28.8 Å². The fourth-order valence-corrected chi connectivity index (χ4v) is 20.7. The van der Waals surface area contributed by atoms with E-state index in [1.807, 2.05) is 100 Å². The van der Waals surface area contributed by atoms with Crippen LogP contribution in [0.1, 0.15) is 101 Å². The molecule has 0 atom stereocenters. The molecule has 2 fully saturated rings. The first-order chi connectivity index (χ1) is 65.7. The lowest BCUT2D eigenvalue weighted by molar-refractivity contribution is -0.122. The average molecular weight is 1840 g/mol. The molecule has 5 N–H and O–H groups in total. The number of hydrogen-bond acceptors (Lipinski definition) is 24. The van der Waals surface area contributed by atoms with Crippen molar-refractivity contribution >= 4 is 134 Å². The van der Waals surface area contributed by atoms with Crippen LogP contribution in [-0.4, -0.2) is 212 Å². The molecule has 9 aliphatic rings. The SMILES string of the molecule is CC1(C)CNCc2cc(Nc3ncc4c(=O)n5n(c4n3)-c3ccc4c(c3)N(CCCC=CC5)C(=O)CO4)ccc21.CS(=O)(=O)CCN1CCC(n2ccc3cc(Nc4ncc5c(=O)n6n(c5n4)-c4ccc5c(c4)N(CCCC=CC6)C(=O)CO5)ccc32)CC1.O=C1COc2ccc3cc2N1CCCC=CCn1c(=O)c2cnc(Nc4ccc5c(ccn5C5CCN(CCO)CC5)c4)nc2n1-3. The average Bonchev–Trinajstić information content (AvgIpc) is 1.61. The standard InChI is InChI=1S/C35H38N8O5S.C34H36N8O4.C30H31N7O3/c1-49(46,47)19-18-39-15-11-26(12-16-39)40-17-10-24-20-25(6-8-29(24)40)37-35-36-22-28-33(38-35)43-27-7-9-31-30(21-27)41(32(44)23-48-31)13-4-2-3-5-14-42(43)34(28)45;43-18-17-38-14-10-25(11-15-38)39-16-9-23-19-24(5-7-28(23)39)36-34-35-21-27-32(37-34)42-26-6-8-30-29(20-26)40(31(44)22-46-30)12-3-1-2-4-13-41(42)33(27)45;1-30(2)18-31-15-19-13-20(7-9-23(19)30)33-29-32-16-22-27(34-29)37-21-8-10-25-24(14-21)35(26(38)17-40-25)11-5-3-4-6-12-36(37)28(22)39/h3,5-10,17,20-22,26H,2,4,11-16,18-19,23H2,1H3,(H,36,37,38);2,4-9,16,19-21,25,43H,1,3,10-15,17-18,22H2,(H,35,36,37);4,6-10,13-14,16,31H,3,5,11-12,15,17-18H2,1-2H3,(H,32,33,34). The molecule has 694 valence electrons. The van der Waals surface area contributed by atoms with Crippen molar-refractivity contribution in [1.82, 2.24) is 82.2 Å². The van der Waals surface area contributed by atoms with Crippen LogP contribution in [0.2, 0.25) is 0 Å². The van der Waals surface area contributed by atoms with E-state index in [1.165, 1.54) is 22.9 Å². The number of likely N-dealkylation sites (tertiary alicyclic amines) is 2. The van der Waals surface area contributed by atoms with Gasteiger partial charge in [-0.05, 0) is 191 Å². The predicted octanol–water partition coefficient (Wildman–Crippen LogP) is 11.8. The number of aliphatic hydroxyl groups excluding tert-OH is 1. The van der Waals surface area contributed by atoms with E-state index >= 15 is 0 Å². The Labute approximate surface area is 776 Å². The predicted molar refractivity (Wildman–Crippen MR) is 519 cm³/mol. The number of carbonyl (C=O) groups excluding carboxylic acids is 3. The molecule has 0 unspecified atom stereocenters. The Bertz CT molecular complexity index is 7440. The van der Waals surface area contributed by atoms with Crippen molar-refractivity contribution < 1.29 is 42.1 Å². The highest BCUT2D eigenvalue weighted by atomic mass is 32.2. The second-order valence-electron chi connectivity index (χ2n) is 36.4. The van der Waals surface area contributed by atoms with E-state index in [2.05, 4.69) is 148 Å². The highest BCUT2D eigenvalue weighted by Crippen LogP contribution is 2.42. The third-order valence-corrected chi connectivity index (χ3v) is 28.0. The number of anilines is 9. The zero-order valence-electron chi connectivity index (χ0n) is 75.4. The fraction of sp³-hybridized carbons (Fsp3) is 0.354. The number of nitrogens with one attached hydrogen (secondary N) is 4. The van der Waals surface area contributed by atoms with Crippen LogP contribution in [0.5, 0.6) is 17.2 Å². The monoisotopic (exact) mass is 1840 g/mol. The van der Waals surface area contributed by atoms with E-state index in [-0.39, 0.29) is 72.0 Å². The van der Waals surface area contributed by atoms with E-state index < -0.39 is 9.84 Å². The number of carbonyl (C=O) groups is 3. The van der Waals surface area contributed by atoms with Crippen molar-refractivity contribution in [3.63, 3.8) is 0 Å². The van der Waals surface area contributed by atoms with E-state index in [4.69, 9.17) is 29.2 Å². The molecule has 135 heavy (non-hydrogen) atoms. The van der Waals surface area contributed by atoms with Crippen LogP contribution in [0.3, 0.4) is 0 Å². The molecular formula is C99H105N23O12S. The summed E-state index contributed by atoms with van der Waals surface area (Å²) in [5.74, 6) is 3.03. The Kier molecular flexibility index (Phi) is 23.7. The summed E-state index contributed by atoms with van der Waals surface area (Å²) in [5, 5.41) is 26.2. The summed E-state index contributed by atoms with van der Waals surface area (Å²) in [4.78, 5) is 117. The molecule has 17 heterocycles. The maximum absolute atomic E-state index is 13.7. The van der Waals surface area contributed by atoms with E-state index in [1.54, 1.807) is 52.0 Å². The summed E-state index contributed by atoms with van der Waals surface area (Å²) in [6, 6.07) is 40.7. The van der Waals surface area contributed by atoms with Crippen molar-refractivity contribution in [1.29, 1.82) is 0 Å². The number of benzene rings is 6. The van der Waals surface area contributed by atoms with Crippen LogP contribution in [0.15, 0.2) is 203 Å². The lowest BCUT2D eigenvalue weighted by Gasteiger charge is -2.33. The van der Waals surface area contributed by atoms with Gasteiger partial charge in [0.15, 0.2) is 36.8 Å². The highest BCUT2D eigenvalue weighted by Gasteiger charge is 2.35. The maximum Gasteiger partial charge on any atom is 0.278 e. The van der Waals surface area contributed by atoms with Crippen molar-refractivity contribution in [2.45, 2.75) is 122 Å². The summed E-state index contributed by atoms with van der Waals surface area (Å²) >= 11 is 0. The molecule has 14 aromatic rings. The Balaban J connectivity index is 0.000000122. The van der Waals surface area contributed by atoms with Crippen LogP contribution in [0.25, 0.3) is 72.0 Å². The molecule has 6 bridgehead atoms. The Morgan fingerprint density at radius 3 is 1.24 bits per heavy atom. The van der Waals surface area contributed by atoms with Crippen molar-refractivity contribution in [3.05, 3.63) is 231 Å². The third-order valence-electron chi connectivity index (χ3n) is 27.0. The lowest BCUT2D eigenvalue weighted by Crippen LogP contribution is -2.39. The molecule has 8 aromatic heterocycles. The highest BCUT2D eigenvalue weighted by molar-refractivity contribution is 7.90. The topological polar surface area (TPSA) is 366 Å². The van der Waals surface area contributed by atoms with Crippen LogP contribution in [0.4, 0.5) is 52.0 Å². The number of aliphatic hydroxyl groups is 1. The second kappa shape index (κ2) is 36.6. The van der Waals surface area contributed by atoms with Crippen LogP contribution < -0.4 is 66.9 Å². The van der Waals surface area contributed by atoms with Gasteiger partial charge >= 0.3 is 0 Å². The van der Waals surface area contributed by atoms with Crippen molar-refractivity contribution in [3.8, 4) is 34.3 Å². The van der Waals surface area contributed by atoms with Gasteiger partial charge in [-0.25, -0.2) is 51.5 Å². The molecule has 0 aliphatic carbocycles. The van der Waals surface area contributed by atoms with Gasteiger partial charge in [0, 0.05) is 166 Å². The Morgan fingerprint density at radius 1 is 0.459 bits per heavy atom. The molecule has 6 aromatic carbocycles. The number of ether oxygens (including phenoxy) is 3. The molecule has 0 spiro atoms. The quantitative estimate of drug-likeness (QED) is 0.0669. The number of allylic oxidation sites excluding steroid dienone is 6. The van der Waals surface area contributed by atoms with Crippen molar-refractivity contribution in [2.75, 3.05) is 135 Å². The summed E-state index contributed by atoms with van der Waals surface area (Å²) in [7, 11) is -2.97. The van der Waals surface area contributed by atoms with Gasteiger partial charge in [0.2, 0.25) is 17.8 Å². The number of piperidine rings is 2. The molecule has 2 saturated heterocycles. The van der Waals surface area contributed by atoms with E-state index in [0.717, 1.165) is 149 Å². The molecule has 3 amide bonds. The minimum absolute atomic E-state index is 0.00637. The first-order valence-corrected chi connectivity index (χ1v) is 48.5. The number of aromatic nitrogens is 14. The van der Waals surface area contributed by atoms with Crippen LogP contribution in [0, 0.1) is 0 Å². The van der Waals surface area contributed by atoms with E-state index in [9.17, 15) is 42.3 Å². The smallest absolute Gasteiger partial charge is 0.278 e. The van der Waals surface area contributed by atoms with Gasteiger partial charge in [-0.1, -0.05) is 56.4 Å². The zero-order chi connectivity index (χ0) is 92.3.